The number of hydrogen-bond donors (Lipinski definition) is 2. The number of nitrogens with one attached hydrogen (secondary N) is 1. The van der Waals surface area contributed by atoms with Gasteiger partial charge in [-0.25, -0.2) is 14.4 Å². The van der Waals surface area contributed by atoms with Crippen molar-refractivity contribution in [2.24, 2.45) is 10.9 Å². The first-order valence-corrected chi connectivity index (χ1v) is 9.28. The van der Waals surface area contributed by atoms with Crippen molar-refractivity contribution in [2.45, 2.75) is 44.8 Å². The van der Waals surface area contributed by atoms with Crippen LogP contribution in [0.4, 0.5) is 14.9 Å². The summed E-state index contributed by atoms with van der Waals surface area (Å²) in [5, 5.41) is 12.1. The molecule has 1 aliphatic heterocycles. The van der Waals surface area contributed by atoms with Crippen LogP contribution < -0.4 is 5.32 Å². The van der Waals surface area contributed by atoms with Gasteiger partial charge < -0.3 is 4.74 Å². The van der Waals surface area contributed by atoms with Gasteiger partial charge in [0.15, 0.2) is 5.17 Å². The molecule has 26 heavy (non-hydrogen) atoms. The Bertz CT molecular complexity index is 793. The molecule has 0 radical (unpaired) electrons. The monoisotopic (exact) mass is 382 g/mol. The van der Waals surface area contributed by atoms with E-state index < -0.39 is 23.1 Å². The molecule has 7 nitrogen and oxygen atoms in total. The molecule has 1 fully saturated rings. The highest BCUT2D eigenvalue weighted by Gasteiger charge is 2.58. The highest BCUT2D eigenvalue weighted by Crippen LogP contribution is 2.59. The first kappa shape index (κ1) is 18.6. The van der Waals surface area contributed by atoms with Crippen molar-refractivity contribution in [1.82, 2.24) is 5.32 Å². The van der Waals surface area contributed by atoms with Crippen LogP contribution in [0.15, 0.2) is 23.2 Å². The zero-order chi connectivity index (χ0) is 19.1. The van der Waals surface area contributed by atoms with Crippen LogP contribution >= 0.6 is 11.8 Å². The van der Waals surface area contributed by atoms with Gasteiger partial charge >= 0.3 is 11.8 Å². The van der Waals surface area contributed by atoms with E-state index in [1.165, 1.54) is 23.9 Å². The van der Waals surface area contributed by atoms with Gasteiger partial charge in [0.05, 0.1) is 10.4 Å². The molecule has 3 rings (SSSR count). The van der Waals surface area contributed by atoms with Crippen molar-refractivity contribution in [3.63, 3.8) is 0 Å². The molecule has 2 atom stereocenters. The Morgan fingerprint density at radius 2 is 2.23 bits per heavy atom. The number of nitrogens with zero attached hydrogens (tertiary/aromatic N) is 2. The van der Waals surface area contributed by atoms with Crippen LogP contribution in [0.25, 0.3) is 0 Å². The van der Waals surface area contributed by atoms with Crippen molar-refractivity contribution in [2.75, 3.05) is 5.75 Å². The molecule has 0 bridgehead atoms. The maximum atomic E-state index is 14.4. The zero-order valence-corrected chi connectivity index (χ0v) is 15.6. The molecule has 0 saturated heterocycles. The van der Waals surface area contributed by atoms with Crippen molar-refractivity contribution in [1.29, 1.82) is 0 Å². The van der Waals surface area contributed by atoms with Gasteiger partial charge in [0, 0.05) is 23.4 Å². The van der Waals surface area contributed by atoms with E-state index in [9.17, 15) is 14.1 Å². The van der Waals surface area contributed by atoms with E-state index in [1.807, 2.05) is 0 Å². The molecule has 1 aromatic rings. The van der Waals surface area contributed by atoms with Crippen molar-refractivity contribution < 1.29 is 24.1 Å². The number of amidine groups is 1. The quantitative estimate of drug-likeness (QED) is 0.758. The van der Waals surface area contributed by atoms with Gasteiger partial charge in [0.2, 0.25) is 0 Å². The van der Waals surface area contributed by atoms with Gasteiger partial charge in [-0.05, 0) is 45.6 Å². The summed E-state index contributed by atoms with van der Waals surface area (Å²) in [7, 11) is 0. The number of carbonyl (C=O) groups is 1. The number of alkyl carbamates (subject to hydrolysis) is 1. The summed E-state index contributed by atoms with van der Waals surface area (Å²) in [5.41, 5.74) is -1.28. The third kappa shape index (κ3) is 3.82. The summed E-state index contributed by atoms with van der Waals surface area (Å²) < 4.78 is 19.7. The molecule has 1 saturated carbocycles. The molecule has 0 spiro atoms. The minimum absolute atomic E-state index is 0.0600. The molecule has 0 unspecified atom stereocenters. The third-order valence-electron chi connectivity index (χ3n) is 4.32. The number of halogens is 1. The average molecular weight is 382 g/mol. The minimum atomic E-state index is -0.829. The van der Waals surface area contributed by atoms with Crippen molar-refractivity contribution in [3.8, 4) is 0 Å². The smallest absolute Gasteiger partial charge is 0.413 e. The number of aliphatic imine (C=N–C) groups is 1. The lowest BCUT2D eigenvalue weighted by atomic mass is 10.0. The predicted octanol–water partition coefficient (Wildman–Crippen LogP) is 3.86. The number of carbonyl (C=O) groups excluding carboxylic acids is 1. The van der Waals surface area contributed by atoms with Crippen LogP contribution in [0.3, 0.4) is 0 Å². The van der Waals surface area contributed by atoms with Gasteiger partial charge in [-0.15, -0.1) is 0 Å². The number of ether oxygens (including phenoxy) is 1. The number of rotatable bonds is 2. The lowest BCUT2D eigenvalue weighted by molar-refractivity contribution is -0.729. The summed E-state index contributed by atoms with van der Waals surface area (Å²) >= 11 is 1.38. The Morgan fingerprint density at radius 1 is 1.50 bits per heavy atom. The lowest BCUT2D eigenvalue weighted by Gasteiger charge is -2.20. The summed E-state index contributed by atoms with van der Waals surface area (Å²) in [6.07, 6.45) is 0.809. The molecule has 2 aliphatic rings. The number of benzene rings is 1. The average Bonchev–Trinajstić information content (AvgIpc) is 3.19. The largest absolute Gasteiger partial charge is 0.444 e. The predicted molar refractivity (Wildman–Crippen MR) is 95.1 cm³/mol. The van der Waals surface area contributed by atoms with Crippen LogP contribution in [-0.4, -0.2) is 32.7 Å². The molecular weight excluding hydrogens is 361 g/mol. The lowest BCUT2D eigenvalue weighted by Crippen LogP contribution is -2.35. The van der Waals surface area contributed by atoms with E-state index in [-0.39, 0.29) is 22.1 Å². The second kappa shape index (κ2) is 6.53. The summed E-state index contributed by atoms with van der Waals surface area (Å²) in [5.74, 6) is 0.359. The normalized spacial score (nSPS) is 24.8. The number of amides is 1. The number of thioether (sulfide) groups is 1. The number of hydrogen-bond acceptors (Lipinski definition) is 5. The minimum Gasteiger partial charge on any atom is -0.444 e. The molecule has 1 aliphatic carbocycles. The van der Waals surface area contributed by atoms with Crippen molar-refractivity contribution >= 4 is 28.7 Å². The zero-order valence-electron chi connectivity index (χ0n) is 14.8. The summed E-state index contributed by atoms with van der Waals surface area (Å²) in [6, 6.07) is 3.66. The van der Waals surface area contributed by atoms with E-state index >= 15 is 0 Å². The van der Waals surface area contributed by atoms with Crippen LogP contribution in [0, 0.1) is 16.6 Å². The molecule has 1 heterocycles. The molecule has 140 valence electrons. The number of fused-ring (bicyclic) bond motifs is 1. The summed E-state index contributed by atoms with van der Waals surface area (Å²) in [6.45, 7) is 5.28. The van der Waals surface area contributed by atoms with Crippen LogP contribution in [0.2, 0.25) is 0 Å². The standard InChI is InChI=1S/C17H20FN3O4S/c1-16(2,3)25-15(22)19-14-20-17(9-10(17)6-7-26-14)12-8-11(21(23)24)4-5-13(12)18/h4-5,8,10H,6-7,9H2,1-3H3,(H-,19,20,22,23,24)/p+1/t10-,17+/m0/s1. The topological polar surface area (TPSA) is 91.0 Å². The van der Waals surface area contributed by atoms with Crippen LogP contribution in [-0.2, 0) is 10.3 Å². The third-order valence-corrected chi connectivity index (χ3v) is 5.23. The maximum Gasteiger partial charge on any atom is 0.413 e. The highest BCUT2D eigenvalue weighted by atomic mass is 32.2. The molecule has 2 N–H and O–H groups in total. The van der Waals surface area contributed by atoms with E-state index in [4.69, 9.17) is 9.94 Å². The van der Waals surface area contributed by atoms with Gasteiger partial charge in [0.25, 0.3) is 4.92 Å². The molecule has 1 amide bonds. The Labute approximate surface area is 154 Å². The fraction of sp³-hybridized carbons (Fsp3) is 0.529. The highest BCUT2D eigenvalue weighted by molar-refractivity contribution is 8.13. The van der Waals surface area contributed by atoms with E-state index in [0.717, 1.165) is 18.2 Å². The Balaban J connectivity index is 1.90. The van der Waals surface area contributed by atoms with Gasteiger partial charge in [-0.2, -0.15) is 0 Å². The molecule has 0 aromatic heterocycles. The Hall–Kier alpha value is -2.16. The van der Waals surface area contributed by atoms with Gasteiger partial charge in [-0.3, -0.25) is 10.3 Å². The Morgan fingerprint density at radius 3 is 2.88 bits per heavy atom. The SMILES string of the molecule is CC(C)(C)OC(=O)NC1=N[C@]2(c3cc([N+](=O)O)ccc3F)C[C@@H]2CCS1. The Kier molecular flexibility index (Phi) is 4.68. The summed E-state index contributed by atoms with van der Waals surface area (Å²) in [4.78, 5) is 27.5. The van der Waals surface area contributed by atoms with E-state index in [2.05, 4.69) is 10.3 Å². The molecular formula is C17H21FN3O4S+. The first-order valence-electron chi connectivity index (χ1n) is 8.29. The molecule has 9 heteroatoms. The second-order valence-corrected chi connectivity index (χ2v) is 8.53. The fourth-order valence-electron chi connectivity index (χ4n) is 3.11. The van der Waals surface area contributed by atoms with Gasteiger partial charge in [0.1, 0.15) is 11.4 Å². The first-order chi connectivity index (χ1) is 12.1. The second-order valence-electron chi connectivity index (χ2n) is 7.44. The van der Waals surface area contributed by atoms with Crippen molar-refractivity contribution in [3.05, 3.63) is 34.5 Å². The molecule has 1 aromatic carbocycles. The van der Waals surface area contributed by atoms with Crippen LogP contribution in [0.5, 0.6) is 0 Å². The van der Waals surface area contributed by atoms with Crippen LogP contribution in [0.1, 0.15) is 39.2 Å². The van der Waals surface area contributed by atoms with E-state index in [1.54, 1.807) is 20.8 Å². The maximum absolute atomic E-state index is 14.4. The van der Waals surface area contributed by atoms with E-state index in [0.29, 0.717) is 11.6 Å². The van der Waals surface area contributed by atoms with Gasteiger partial charge in [-0.1, -0.05) is 11.8 Å². The fourth-order valence-corrected chi connectivity index (χ4v) is 4.09.